The van der Waals surface area contributed by atoms with Gasteiger partial charge in [-0.15, -0.1) is 0 Å². The first kappa shape index (κ1) is 37.0. The van der Waals surface area contributed by atoms with Gasteiger partial charge in [-0.1, -0.05) is 44.2 Å². The lowest BCUT2D eigenvalue weighted by Crippen LogP contribution is -2.56. The highest BCUT2D eigenvalue weighted by molar-refractivity contribution is 7.86. The summed E-state index contributed by atoms with van der Waals surface area (Å²) in [5.41, 5.74) is -3.16. The normalized spacial score (nSPS) is 20.3. The number of carbonyl (C=O) groups excluding carboxylic acids is 4. The van der Waals surface area contributed by atoms with Crippen molar-refractivity contribution in [3.63, 3.8) is 0 Å². The number of rotatable bonds is 12. The molecule has 0 aliphatic carbocycles. The number of piperidine rings is 1. The van der Waals surface area contributed by atoms with Gasteiger partial charge in [-0.2, -0.15) is 8.42 Å². The molecule has 1 aromatic carbocycles. The van der Waals surface area contributed by atoms with Crippen LogP contribution in [-0.4, -0.2) is 95.3 Å². The third-order valence-electron chi connectivity index (χ3n) is 8.00. The number of nitrogens with one attached hydrogen (secondary N) is 3. The van der Waals surface area contributed by atoms with Gasteiger partial charge in [-0.25, -0.2) is 9.59 Å². The third kappa shape index (κ3) is 11.1. The number of aliphatic hydroxyl groups is 1. The van der Waals surface area contributed by atoms with E-state index in [0.29, 0.717) is 32.2 Å². The van der Waals surface area contributed by atoms with Crippen LogP contribution in [-0.2, 0) is 35.6 Å². The smallest absolute Gasteiger partial charge is 0.410 e. The van der Waals surface area contributed by atoms with Crippen LogP contribution in [0.1, 0.15) is 72.3 Å². The van der Waals surface area contributed by atoms with Gasteiger partial charge in [0, 0.05) is 44.8 Å². The molecule has 4 atom stereocenters. The highest BCUT2D eigenvalue weighted by Crippen LogP contribution is 2.32. The number of ether oxygens (including phenoxy) is 2. The van der Waals surface area contributed by atoms with Gasteiger partial charge in [0.25, 0.3) is 10.1 Å². The van der Waals surface area contributed by atoms with E-state index in [1.54, 1.807) is 25.7 Å². The highest BCUT2D eigenvalue weighted by Gasteiger charge is 2.42. The minimum Gasteiger partial charge on any atom is -0.444 e. The number of nitrogens with zero attached hydrogens (tertiary/aromatic N) is 1. The van der Waals surface area contributed by atoms with Crippen LogP contribution in [0.4, 0.5) is 9.59 Å². The first-order chi connectivity index (χ1) is 21.4. The van der Waals surface area contributed by atoms with Crippen molar-refractivity contribution in [3.05, 3.63) is 35.9 Å². The fraction of sp³-hybridized carbons (Fsp3) is 0.677. The summed E-state index contributed by atoms with van der Waals surface area (Å²) < 4.78 is 44.7. The van der Waals surface area contributed by atoms with Gasteiger partial charge in [0.15, 0.2) is 0 Å². The van der Waals surface area contributed by atoms with Crippen LogP contribution < -0.4 is 16.0 Å². The molecule has 2 saturated heterocycles. The summed E-state index contributed by atoms with van der Waals surface area (Å²) in [6.07, 6.45) is -0.123. The van der Waals surface area contributed by atoms with Gasteiger partial charge >= 0.3 is 12.2 Å². The van der Waals surface area contributed by atoms with Gasteiger partial charge < -0.3 is 35.4 Å². The molecule has 258 valence electrons. The Labute approximate surface area is 270 Å². The molecule has 0 spiro atoms. The average molecular weight is 669 g/mol. The Hall–Kier alpha value is -3.43. The lowest BCUT2D eigenvalue weighted by atomic mass is 9.85. The summed E-state index contributed by atoms with van der Waals surface area (Å²) in [7, 11) is -5.00. The second-order valence-electron chi connectivity index (χ2n) is 13.6. The molecule has 0 saturated carbocycles. The summed E-state index contributed by atoms with van der Waals surface area (Å²) in [4.78, 5) is 53.3. The van der Waals surface area contributed by atoms with Gasteiger partial charge in [0.1, 0.15) is 17.2 Å². The van der Waals surface area contributed by atoms with Crippen molar-refractivity contribution in [1.29, 1.82) is 0 Å². The number of likely N-dealkylation sites (tertiary alicyclic amines) is 1. The number of hydrogen-bond acceptors (Lipinski definition) is 9. The highest BCUT2D eigenvalue weighted by atomic mass is 32.2. The second-order valence-corrected chi connectivity index (χ2v) is 15.1. The SMILES string of the molecule is CC(C)C[C@H](NC(=O)OC1(Cc2ccccc2)CCN(C(=O)OC(C)(C)C)CC1)C(=O)N[C@@H](C[C@@H]1CCNC1=O)C(O)S(=O)(=O)O. The first-order valence-electron chi connectivity index (χ1n) is 15.6. The molecule has 1 aromatic rings. The van der Waals surface area contributed by atoms with Gasteiger partial charge in [-0.3, -0.25) is 14.1 Å². The van der Waals surface area contributed by atoms with E-state index in [-0.39, 0.29) is 37.8 Å². The maximum absolute atomic E-state index is 13.5. The second kappa shape index (κ2) is 15.4. The molecule has 0 aromatic heterocycles. The molecular formula is C31H48N4O10S. The fourth-order valence-electron chi connectivity index (χ4n) is 5.69. The average Bonchev–Trinajstić information content (AvgIpc) is 3.34. The van der Waals surface area contributed by atoms with Crippen LogP contribution in [0.5, 0.6) is 0 Å². The molecule has 15 heteroatoms. The molecule has 5 N–H and O–H groups in total. The number of benzene rings is 1. The van der Waals surface area contributed by atoms with E-state index in [2.05, 4.69) is 16.0 Å². The number of aliphatic hydroxyl groups excluding tert-OH is 1. The predicted octanol–water partition coefficient (Wildman–Crippen LogP) is 2.36. The number of hydrogen-bond donors (Lipinski definition) is 5. The summed E-state index contributed by atoms with van der Waals surface area (Å²) in [5.74, 6) is -1.96. The number of amides is 4. The van der Waals surface area contributed by atoms with E-state index in [1.807, 2.05) is 44.2 Å². The van der Waals surface area contributed by atoms with E-state index in [0.717, 1.165) is 5.56 Å². The zero-order valence-electron chi connectivity index (χ0n) is 27.2. The summed E-state index contributed by atoms with van der Waals surface area (Å²) in [6, 6.07) is 6.70. The van der Waals surface area contributed by atoms with Crippen LogP contribution in [0, 0.1) is 11.8 Å². The van der Waals surface area contributed by atoms with Crippen molar-refractivity contribution in [1.82, 2.24) is 20.9 Å². The molecule has 3 rings (SSSR count). The zero-order chi connectivity index (χ0) is 34.3. The third-order valence-corrected chi connectivity index (χ3v) is 8.94. The Bertz CT molecular complexity index is 1320. The number of alkyl carbamates (subject to hydrolysis) is 1. The Kier molecular flexibility index (Phi) is 12.4. The summed E-state index contributed by atoms with van der Waals surface area (Å²) in [6.45, 7) is 9.89. The summed E-state index contributed by atoms with van der Waals surface area (Å²) >= 11 is 0. The van der Waals surface area contributed by atoms with Crippen molar-refractivity contribution >= 4 is 34.1 Å². The molecule has 0 bridgehead atoms. The van der Waals surface area contributed by atoms with Gasteiger partial charge in [0.2, 0.25) is 17.3 Å². The molecular weight excluding hydrogens is 620 g/mol. The van der Waals surface area contributed by atoms with Crippen LogP contribution >= 0.6 is 0 Å². The van der Waals surface area contributed by atoms with Crippen LogP contribution in [0.25, 0.3) is 0 Å². The van der Waals surface area contributed by atoms with Crippen LogP contribution in [0.15, 0.2) is 30.3 Å². The lowest BCUT2D eigenvalue weighted by molar-refractivity contribution is -0.126. The quantitative estimate of drug-likeness (QED) is 0.206. The Morgan fingerprint density at radius 3 is 2.26 bits per heavy atom. The largest absolute Gasteiger partial charge is 0.444 e. The molecule has 2 aliphatic heterocycles. The van der Waals surface area contributed by atoms with E-state index in [1.165, 1.54) is 0 Å². The molecule has 14 nitrogen and oxygen atoms in total. The van der Waals surface area contributed by atoms with E-state index < -0.39 is 62.9 Å². The molecule has 0 radical (unpaired) electrons. The first-order valence-corrected chi connectivity index (χ1v) is 17.1. The molecule has 1 unspecified atom stereocenters. The van der Waals surface area contributed by atoms with E-state index >= 15 is 0 Å². The monoisotopic (exact) mass is 668 g/mol. The van der Waals surface area contributed by atoms with E-state index in [9.17, 15) is 37.3 Å². The Morgan fingerprint density at radius 1 is 1.11 bits per heavy atom. The topological polar surface area (TPSA) is 201 Å². The number of carbonyl (C=O) groups is 4. The Morgan fingerprint density at radius 2 is 1.74 bits per heavy atom. The lowest BCUT2D eigenvalue weighted by Gasteiger charge is -2.41. The van der Waals surface area contributed by atoms with Crippen molar-refractivity contribution in [2.75, 3.05) is 19.6 Å². The van der Waals surface area contributed by atoms with Crippen LogP contribution in [0.3, 0.4) is 0 Å². The Balaban J connectivity index is 1.77. The molecule has 4 amide bonds. The van der Waals surface area contributed by atoms with Crippen molar-refractivity contribution in [3.8, 4) is 0 Å². The van der Waals surface area contributed by atoms with Crippen molar-refractivity contribution < 1.29 is 46.7 Å². The molecule has 2 heterocycles. The van der Waals surface area contributed by atoms with E-state index in [4.69, 9.17) is 9.47 Å². The molecule has 2 aliphatic rings. The predicted molar refractivity (Wildman–Crippen MR) is 168 cm³/mol. The molecule has 2 fully saturated rings. The fourth-order valence-corrected chi connectivity index (χ4v) is 6.29. The molecule has 46 heavy (non-hydrogen) atoms. The van der Waals surface area contributed by atoms with Crippen molar-refractivity contribution in [2.24, 2.45) is 11.8 Å². The summed E-state index contributed by atoms with van der Waals surface area (Å²) in [5, 5.41) is 18.0. The van der Waals surface area contributed by atoms with Crippen molar-refractivity contribution in [2.45, 2.75) is 102 Å². The standard InChI is InChI=1S/C31H48N4O10S/c1-20(2)17-23(26(37)33-24(27(38)46(41,42)43)18-22-11-14-32-25(22)36)34-28(39)44-31(19-21-9-7-6-8-10-21)12-15-35(16-13-31)29(40)45-30(3,4)5/h6-10,20,22-24,27,38H,11-19H2,1-5H3,(H,32,36)(H,33,37)(H,34,39)(H,41,42,43)/t22-,23-,24-,27?/m0/s1. The maximum atomic E-state index is 13.5. The van der Waals surface area contributed by atoms with Crippen LogP contribution in [0.2, 0.25) is 0 Å². The minimum atomic E-state index is -5.00. The van der Waals surface area contributed by atoms with Gasteiger partial charge in [-0.05, 0) is 51.5 Å². The van der Waals surface area contributed by atoms with Gasteiger partial charge in [0.05, 0.1) is 6.04 Å². The zero-order valence-corrected chi connectivity index (χ0v) is 28.0. The maximum Gasteiger partial charge on any atom is 0.410 e. The minimum absolute atomic E-state index is 0.100.